The largest absolute Gasteiger partial charge is 0.367 e. The van der Waals surface area contributed by atoms with Crippen LogP contribution in [0.5, 0.6) is 0 Å². The van der Waals surface area contributed by atoms with E-state index in [-0.39, 0.29) is 12.0 Å². The van der Waals surface area contributed by atoms with Crippen LogP contribution in [0.25, 0.3) is 0 Å². The standard InChI is InChI=1S/C27H32N2O2/c1-20-17-21(2)26(22(3)18-20)28-25(30)19-29(4)15-16-31-27(23-11-7-5-8-12-23)24-13-9-6-10-14-24/h5-14,17-18,27H,15-16,19H2,1-4H3,(H,28,30). The first kappa shape index (κ1) is 22.7. The second-order valence-corrected chi connectivity index (χ2v) is 8.13. The minimum Gasteiger partial charge on any atom is -0.367 e. The van der Waals surface area contributed by atoms with Gasteiger partial charge in [0.25, 0.3) is 0 Å². The number of nitrogens with one attached hydrogen (secondary N) is 1. The Labute approximate surface area is 185 Å². The number of carbonyl (C=O) groups is 1. The minimum atomic E-state index is -0.123. The number of benzene rings is 3. The molecule has 0 aliphatic rings. The second-order valence-electron chi connectivity index (χ2n) is 8.13. The van der Waals surface area contributed by atoms with E-state index in [1.807, 2.05) is 62.2 Å². The molecular formula is C27H32N2O2. The normalized spacial score (nSPS) is 11.2. The number of aryl methyl sites for hydroxylation is 3. The van der Waals surface area contributed by atoms with Gasteiger partial charge < -0.3 is 10.1 Å². The number of hydrogen-bond acceptors (Lipinski definition) is 3. The van der Waals surface area contributed by atoms with Crippen LogP contribution in [-0.2, 0) is 9.53 Å². The number of amides is 1. The van der Waals surface area contributed by atoms with Gasteiger partial charge in [0.1, 0.15) is 6.10 Å². The summed E-state index contributed by atoms with van der Waals surface area (Å²) in [5.41, 5.74) is 6.54. The first-order valence-corrected chi connectivity index (χ1v) is 10.7. The van der Waals surface area contributed by atoms with E-state index in [2.05, 4.69) is 48.6 Å². The van der Waals surface area contributed by atoms with Gasteiger partial charge in [-0.15, -0.1) is 0 Å². The van der Waals surface area contributed by atoms with E-state index in [1.54, 1.807) is 0 Å². The zero-order valence-electron chi connectivity index (χ0n) is 18.9. The Hall–Kier alpha value is -2.95. The molecule has 0 spiro atoms. The Bertz CT molecular complexity index is 924. The fourth-order valence-electron chi connectivity index (χ4n) is 3.85. The molecule has 0 aliphatic carbocycles. The molecule has 0 bridgehead atoms. The maximum atomic E-state index is 12.6. The third kappa shape index (κ3) is 6.51. The quantitative estimate of drug-likeness (QED) is 0.515. The van der Waals surface area contributed by atoms with Gasteiger partial charge in [-0.1, -0.05) is 78.4 Å². The number of rotatable bonds is 9. The molecule has 0 atom stereocenters. The third-order valence-electron chi connectivity index (χ3n) is 5.32. The van der Waals surface area contributed by atoms with Crippen LogP contribution in [0.15, 0.2) is 72.8 Å². The fraction of sp³-hybridized carbons (Fsp3) is 0.296. The number of likely N-dealkylation sites (N-methyl/N-ethyl adjacent to an activating group) is 1. The highest BCUT2D eigenvalue weighted by Crippen LogP contribution is 2.25. The predicted molar refractivity (Wildman–Crippen MR) is 127 cm³/mol. The SMILES string of the molecule is Cc1cc(C)c(NC(=O)CN(C)CCOC(c2ccccc2)c2ccccc2)c(C)c1. The van der Waals surface area contributed by atoms with E-state index in [9.17, 15) is 4.79 Å². The first-order valence-electron chi connectivity index (χ1n) is 10.7. The molecule has 0 unspecified atom stereocenters. The summed E-state index contributed by atoms with van der Waals surface area (Å²) >= 11 is 0. The van der Waals surface area contributed by atoms with Crippen molar-refractivity contribution in [3.63, 3.8) is 0 Å². The van der Waals surface area contributed by atoms with Crippen molar-refractivity contribution in [2.45, 2.75) is 26.9 Å². The topological polar surface area (TPSA) is 41.6 Å². The molecule has 1 amide bonds. The van der Waals surface area contributed by atoms with Crippen LogP contribution < -0.4 is 5.32 Å². The zero-order chi connectivity index (χ0) is 22.2. The molecule has 4 heteroatoms. The Kier molecular flexibility index (Phi) is 7.99. The van der Waals surface area contributed by atoms with Crippen LogP contribution in [0.4, 0.5) is 5.69 Å². The van der Waals surface area contributed by atoms with E-state index >= 15 is 0 Å². The van der Waals surface area contributed by atoms with E-state index in [4.69, 9.17) is 4.74 Å². The second kappa shape index (κ2) is 10.9. The summed E-state index contributed by atoms with van der Waals surface area (Å²) in [6.07, 6.45) is -0.123. The lowest BCUT2D eigenvalue weighted by molar-refractivity contribution is -0.117. The van der Waals surface area contributed by atoms with Crippen molar-refractivity contribution in [2.24, 2.45) is 0 Å². The maximum absolute atomic E-state index is 12.6. The summed E-state index contributed by atoms with van der Waals surface area (Å²) in [5.74, 6) is -0.0137. The lowest BCUT2D eigenvalue weighted by Gasteiger charge is -2.22. The molecule has 1 N–H and O–H groups in total. The number of carbonyl (C=O) groups excluding carboxylic acids is 1. The van der Waals surface area contributed by atoms with Gasteiger partial charge in [0, 0.05) is 12.2 Å². The van der Waals surface area contributed by atoms with Crippen LogP contribution in [0.2, 0.25) is 0 Å². The molecule has 3 aromatic carbocycles. The van der Waals surface area contributed by atoms with Crippen molar-refractivity contribution in [1.29, 1.82) is 0 Å². The van der Waals surface area contributed by atoms with Crippen LogP contribution >= 0.6 is 0 Å². The lowest BCUT2D eigenvalue weighted by atomic mass is 10.0. The van der Waals surface area contributed by atoms with Gasteiger partial charge in [-0.25, -0.2) is 0 Å². The highest BCUT2D eigenvalue weighted by molar-refractivity contribution is 5.93. The molecule has 3 aromatic rings. The van der Waals surface area contributed by atoms with Gasteiger partial charge in [0.15, 0.2) is 0 Å². The molecule has 0 radical (unpaired) electrons. The number of ether oxygens (including phenoxy) is 1. The molecular weight excluding hydrogens is 384 g/mol. The Morgan fingerprint density at radius 1 is 0.903 bits per heavy atom. The van der Waals surface area contributed by atoms with Crippen molar-refractivity contribution >= 4 is 11.6 Å². The molecule has 0 saturated heterocycles. The van der Waals surface area contributed by atoms with Crippen LogP contribution in [-0.4, -0.2) is 37.6 Å². The van der Waals surface area contributed by atoms with Crippen molar-refractivity contribution < 1.29 is 9.53 Å². The number of nitrogens with zero attached hydrogens (tertiary/aromatic N) is 1. The van der Waals surface area contributed by atoms with Crippen LogP contribution in [0, 0.1) is 20.8 Å². The average molecular weight is 417 g/mol. The predicted octanol–water partition coefficient (Wildman–Crippen LogP) is 5.29. The van der Waals surface area contributed by atoms with Gasteiger partial charge >= 0.3 is 0 Å². The van der Waals surface area contributed by atoms with Crippen LogP contribution in [0.1, 0.15) is 33.9 Å². The Morgan fingerprint density at radius 3 is 1.94 bits per heavy atom. The molecule has 0 aromatic heterocycles. The minimum absolute atomic E-state index is 0.0137. The Morgan fingerprint density at radius 2 is 1.42 bits per heavy atom. The van der Waals surface area contributed by atoms with Crippen LogP contribution in [0.3, 0.4) is 0 Å². The van der Waals surface area contributed by atoms with Gasteiger partial charge in [-0.3, -0.25) is 9.69 Å². The van der Waals surface area contributed by atoms with Crippen molar-refractivity contribution in [3.05, 3.63) is 101 Å². The maximum Gasteiger partial charge on any atom is 0.238 e. The molecule has 3 rings (SSSR count). The number of hydrogen-bond donors (Lipinski definition) is 1. The van der Waals surface area contributed by atoms with Gasteiger partial charge in [-0.05, 0) is 50.1 Å². The first-order chi connectivity index (χ1) is 14.9. The smallest absolute Gasteiger partial charge is 0.238 e. The van der Waals surface area contributed by atoms with E-state index in [1.165, 1.54) is 5.56 Å². The summed E-state index contributed by atoms with van der Waals surface area (Å²) in [7, 11) is 1.94. The molecule has 162 valence electrons. The molecule has 0 heterocycles. The molecule has 31 heavy (non-hydrogen) atoms. The van der Waals surface area contributed by atoms with Gasteiger partial charge in [-0.2, -0.15) is 0 Å². The van der Waals surface area contributed by atoms with Crippen molar-refractivity contribution in [1.82, 2.24) is 4.90 Å². The van der Waals surface area contributed by atoms with E-state index in [0.29, 0.717) is 19.7 Å². The Balaban J connectivity index is 1.55. The molecule has 0 fully saturated rings. The molecule has 4 nitrogen and oxygen atoms in total. The summed E-state index contributed by atoms with van der Waals surface area (Å²) in [6.45, 7) is 7.63. The summed E-state index contributed by atoms with van der Waals surface area (Å²) in [6, 6.07) is 24.6. The van der Waals surface area contributed by atoms with E-state index < -0.39 is 0 Å². The average Bonchev–Trinajstić information content (AvgIpc) is 2.75. The molecule has 0 saturated carbocycles. The zero-order valence-corrected chi connectivity index (χ0v) is 18.9. The molecule has 0 aliphatic heterocycles. The summed E-state index contributed by atoms with van der Waals surface area (Å²) in [4.78, 5) is 14.5. The fourth-order valence-corrected chi connectivity index (χ4v) is 3.85. The highest BCUT2D eigenvalue weighted by atomic mass is 16.5. The summed E-state index contributed by atoms with van der Waals surface area (Å²) < 4.78 is 6.26. The lowest BCUT2D eigenvalue weighted by Crippen LogP contribution is -2.33. The van der Waals surface area contributed by atoms with E-state index in [0.717, 1.165) is 27.9 Å². The van der Waals surface area contributed by atoms with Gasteiger partial charge in [0.2, 0.25) is 5.91 Å². The summed E-state index contributed by atoms with van der Waals surface area (Å²) in [5, 5.41) is 3.07. The number of anilines is 1. The van der Waals surface area contributed by atoms with Crippen molar-refractivity contribution in [2.75, 3.05) is 32.1 Å². The monoisotopic (exact) mass is 416 g/mol. The highest BCUT2D eigenvalue weighted by Gasteiger charge is 2.15. The third-order valence-corrected chi connectivity index (χ3v) is 5.32. The van der Waals surface area contributed by atoms with Crippen molar-refractivity contribution in [3.8, 4) is 0 Å². The van der Waals surface area contributed by atoms with Gasteiger partial charge in [0.05, 0.1) is 13.2 Å².